The second kappa shape index (κ2) is 13.6. The van der Waals surface area contributed by atoms with Crippen LogP contribution in [0, 0.1) is 0 Å². The first kappa shape index (κ1) is 31.8. The number of β-amino-alcohol motifs (C(OH)–C–C–N with tert-alkyl or cyclic N) is 1. The van der Waals surface area contributed by atoms with Crippen molar-refractivity contribution in [3.8, 4) is 23.0 Å². The SMILES string of the molecule is COc1ccc(C(OCCN2C[C@](O)(c3ccc(OC)cc3)C[C@@H]2C(=O)O)(c2ccc(OC)cc2)c2ccc(OC)cc2)cc1. The molecule has 4 aromatic rings. The number of carbonyl (C=O) groups is 1. The number of methoxy groups -OCH3 is 4. The van der Waals surface area contributed by atoms with Crippen LogP contribution in [0.2, 0.25) is 0 Å². The zero-order valence-electron chi connectivity index (χ0n) is 25.9. The van der Waals surface area contributed by atoms with Gasteiger partial charge >= 0.3 is 5.97 Å². The summed E-state index contributed by atoms with van der Waals surface area (Å²) in [5.74, 6) is 1.78. The molecule has 1 fully saturated rings. The largest absolute Gasteiger partial charge is 0.497 e. The summed E-state index contributed by atoms with van der Waals surface area (Å²) in [5.41, 5.74) is 0.768. The first-order valence-corrected chi connectivity index (χ1v) is 14.7. The fourth-order valence-electron chi connectivity index (χ4n) is 6.09. The standard InChI is InChI=1S/C36H39NO8/c1-41-29-13-5-25(6-14-29)35(40)23-33(34(38)39)37(24-35)21-22-45-36(26-7-15-30(42-2)16-8-26,27-9-17-31(43-3)18-10-27)28-11-19-32(44-4)20-12-28/h5-20,33,40H,21-24H2,1-4H3,(H,38,39)/t33-,35+/m1/s1. The van der Waals surface area contributed by atoms with Gasteiger partial charge in [-0.15, -0.1) is 0 Å². The van der Waals surface area contributed by atoms with Crippen LogP contribution in [-0.4, -0.2) is 75.3 Å². The van der Waals surface area contributed by atoms with Gasteiger partial charge in [-0.25, -0.2) is 0 Å². The molecule has 0 aromatic heterocycles. The number of ether oxygens (including phenoxy) is 5. The third-order valence-corrected chi connectivity index (χ3v) is 8.54. The van der Waals surface area contributed by atoms with Gasteiger partial charge in [0.05, 0.1) is 35.0 Å². The second-order valence-electron chi connectivity index (χ2n) is 11.0. The van der Waals surface area contributed by atoms with Crippen molar-refractivity contribution in [1.82, 2.24) is 4.90 Å². The van der Waals surface area contributed by atoms with Crippen molar-refractivity contribution in [2.75, 3.05) is 48.1 Å². The van der Waals surface area contributed by atoms with Gasteiger partial charge in [-0.3, -0.25) is 9.69 Å². The molecular weight excluding hydrogens is 574 g/mol. The monoisotopic (exact) mass is 613 g/mol. The van der Waals surface area contributed by atoms with Crippen LogP contribution in [0.25, 0.3) is 0 Å². The van der Waals surface area contributed by atoms with E-state index in [1.807, 2.05) is 72.8 Å². The lowest BCUT2D eigenvalue weighted by Crippen LogP contribution is -2.41. The van der Waals surface area contributed by atoms with E-state index in [4.69, 9.17) is 23.7 Å². The number of benzene rings is 4. The summed E-state index contributed by atoms with van der Waals surface area (Å²) in [6.07, 6.45) is 0.0508. The number of aliphatic hydroxyl groups is 1. The average Bonchev–Trinajstić information content (AvgIpc) is 3.44. The van der Waals surface area contributed by atoms with E-state index in [2.05, 4.69) is 0 Å². The van der Waals surface area contributed by atoms with Gasteiger partial charge in [0, 0.05) is 19.5 Å². The number of carboxylic acids is 1. The van der Waals surface area contributed by atoms with Crippen molar-refractivity contribution in [2.45, 2.75) is 23.7 Å². The van der Waals surface area contributed by atoms with Gasteiger partial charge in [-0.05, 0) is 70.8 Å². The predicted molar refractivity (Wildman–Crippen MR) is 169 cm³/mol. The Kier molecular flexibility index (Phi) is 9.63. The van der Waals surface area contributed by atoms with Gasteiger partial charge < -0.3 is 33.9 Å². The maximum absolute atomic E-state index is 12.4. The summed E-state index contributed by atoms with van der Waals surface area (Å²) >= 11 is 0. The Bertz CT molecular complexity index is 1440. The number of carboxylic acid groups (broad SMARTS) is 1. The second-order valence-corrected chi connectivity index (χ2v) is 11.0. The summed E-state index contributed by atoms with van der Waals surface area (Å²) in [7, 11) is 6.43. The van der Waals surface area contributed by atoms with Crippen molar-refractivity contribution in [2.24, 2.45) is 0 Å². The van der Waals surface area contributed by atoms with E-state index in [9.17, 15) is 15.0 Å². The molecular formula is C36H39NO8. The van der Waals surface area contributed by atoms with Gasteiger partial charge in [-0.1, -0.05) is 48.5 Å². The summed E-state index contributed by atoms with van der Waals surface area (Å²) in [4.78, 5) is 14.2. The highest BCUT2D eigenvalue weighted by Gasteiger charge is 2.47. The highest BCUT2D eigenvalue weighted by atomic mass is 16.5. The molecule has 1 aliphatic heterocycles. The highest BCUT2D eigenvalue weighted by Crippen LogP contribution is 2.43. The molecule has 0 spiro atoms. The van der Waals surface area contributed by atoms with Crippen molar-refractivity contribution >= 4 is 5.97 Å². The third kappa shape index (κ3) is 6.47. The van der Waals surface area contributed by atoms with Crippen molar-refractivity contribution < 1.29 is 38.7 Å². The summed E-state index contributed by atoms with van der Waals surface area (Å²) < 4.78 is 28.5. The zero-order chi connectivity index (χ0) is 32.0. The molecule has 9 heteroatoms. The molecule has 45 heavy (non-hydrogen) atoms. The molecule has 1 saturated heterocycles. The highest BCUT2D eigenvalue weighted by molar-refractivity contribution is 5.74. The summed E-state index contributed by atoms with van der Waals surface area (Å²) in [5, 5.41) is 21.8. The van der Waals surface area contributed by atoms with Crippen LogP contribution in [0.4, 0.5) is 0 Å². The van der Waals surface area contributed by atoms with Gasteiger partial charge in [0.15, 0.2) is 0 Å². The first-order chi connectivity index (χ1) is 21.8. The van der Waals surface area contributed by atoms with E-state index in [-0.39, 0.29) is 26.1 Å². The molecule has 2 N–H and O–H groups in total. The average molecular weight is 614 g/mol. The molecule has 0 aliphatic carbocycles. The summed E-state index contributed by atoms with van der Waals surface area (Å²) in [6, 6.07) is 29.3. The number of hydrogen-bond acceptors (Lipinski definition) is 8. The molecule has 0 bridgehead atoms. The van der Waals surface area contributed by atoms with Gasteiger partial charge in [0.2, 0.25) is 0 Å². The minimum Gasteiger partial charge on any atom is -0.497 e. The Labute approximate surface area is 263 Å². The smallest absolute Gasteiger partial charge is 0.321 e. The fraction of sp³-hybridized carbons (Fsp3) is 0.306. The molecule has 9 nitrogen and oxygen atoms in total. The molecule has 4 aromatic carbocycles. The van der Waals surface area contributed by atoms with Crippen molar-refractivity contribution in [3.63, 3.8) is 0 Å². The maximum Gasteiger partial charge on any atom is 0.321 e. The Balaban J connectivity index is 1.51. The quantitative estimate of drug-likeness (QED) is 0.200. The van der Waals surface area contributed by atoms with Gasteiger partial charge in [0.25, 0.3) is 0 Å². The lowest BCUT2D eigenvalue weighted by Gasteiger charge is -2.37. The summed E-state index contributed by atoms with van der Waals surface area (Å²) in [6.45, 7) is 0.562. The maximum atomic E-state index is 12.4. The number of nitrogens with zero attached hydrogens (tertiary/aromatic N) is 1. The Morgan fingerprint density at radius 1 is 0.711 bits per heavy atom. The first-order valence-electron chi connectivity index (χ1n) is 14.7. The topological polar surface area (TPSA) is 107 Å². The van der Waals surface area contributed by atoms with Crippen molar-refractivity contribution in [3.05, 3.63) is 119 Å². The number of hydrogen-bond donors (Lipinski definition) is 2. The molecule has 0 amide bonds. The minimum atomic E-state index is -1.34. The molecule has 236 valence electrons. The fourth-order valence-corrected chi connectivity index (χ4v) is 6.09. The Morgan fingerprint density at radius 2 is 1.09 bits per heavy atom. The Hall–Kier alpha value is -4.57. The van der Waals surface area contributed by atoms with Crippen LogP contribution in [0.5, 0.6) is 23.0 Å². The molecule has 0 radical (unpaired) electrons. The van der Waals surface area contributed by atoms with E-state index in [1.165, 1.54) is 0 Å². The Morgan fingerprint density at radius 3 is 1.44 bits per heavy atom. The van der Waals surface area contributed by atoms with Gasteiger partial charge in [-0.2, -0.15) is 0 Å². The van der Waals surface area contributed by atoms with E-state index < -0.39 is 23.2 Å². The molecule has 5 rings (SSSR count). The minimum absolute atomic E-state index is 0.0508. The number of aliphatic carboxylic acids is 1. The number of likely N-dealkylation sites (tertiary alicyclic amines) is 1. The van der Waals surface area contributed by atoms with Crippen LogP contribution >= 0.6 is 0 Å². The predicted octanol–water partition coefficient (Wildman–Crippen LogP) is 5.08. The number of rotatable bonds is 13. The van der Waals surface area contributed by atoms with Gasteiger partial charge in [0.1, 0.15) is 40.2 Å². The molecule has 0 unspecified atom stereocenters. The molecule has 2 atom stereocenters. The molecule has 1 aliphatic rings. The van der Waals surface area contributed by atoms with Crippen LogP contribution < -0.4 is 18.9 Å². The lowest BCUT2D eigenvalue weighted by molar-refractivity contribution is -0.142. The molecule has 1 heterocycles. The van der Waals surface area contributed by atoms with E-state index in [1.54, 1.807) is 57.6 Å². The van der Waals surface area contributed by atoms with Crippen LogP contribution in [0.1, 0.15) is 28.7 Å². The van der Waals surface area contributed by atoms with E-state index in [0.29, 0.717) is 28.6 Å². The van der Waals surface area contributed by atoms with Crippen LogP contribution in [0.3, 0.4) is 0 Å². The van der Waals surface area contributed by atoms with E-state index in [0.717, 1.165) is 16.7 Å². The van der Waals surface area contributed by atoms with Crippen molar-refractivity contribution in [1.29, 1.82) is 0 Å². The van der Waals surface area contributed by atoms with Crippen LogP contribution in [-0.2, 0) is 20.7 Å². The zero-order valence-corrected chi connectivity index (χ0v) is 25.9. The van der Waals surface area contributed by atoms with E-state index >= 15 is 0 Å². The normalized spacial score (nSPS) is 18.4. The van der Waals surface area contributed by atoms with Crippen LogP contribution in [0.15, 0.2) is 97.1 Å². The molecule has 0 saturated carbocycles. The lowest BCUT2D eigenvalue weighted by atomic mass is 9.80. The third-order valence-electron chi connectivity index (χ3n) is 8.54.